The van der Waals surface area contributed by atoms with Crippen molar-refractivity contribution in [3.8, 4) is 5.75 Å². The summed E-state index contributed by atoms with van der Waals surface area (Å²) in [7, 11) is 1.71. The number of hydrogen-bond donors (Lipinski definition) is 1. The summed E-state index contributed by atoms with van der Waals surface area (Å²) in [5.74, 6) is 0.926. The van der Waals surface area contributed by atoms with Crippen molar-refractivity contribution in [2.24, 2.45) is 0 Å². The fourth-order valence-corrected chi connectivity index (χ4v) is 2.74. The first-order valence-electron chi connectivity index (χ1n) is 7.66. The Morgan fingerprint density at radius 1 is 1.10 bits per heavy atom. The van der Waals surface area contributed by atoms with E-state index in [-0.39, 0.29) is 0 Å². The molecule has 0 fully saturated rings. The summed E-state index contributed by atoms with van der Waals surface area (Å²) in [6.45, 7) is 5.30. The lowest BCUT2D eigenvalue weighted by Gasteiger charge is -2.21. The van der Waals surface area contributed by atoms with Crippen LogP contribution in [0.25, 0.3) is 0 Å². The van der Waals surface area contributed by atoms with Gasteiger partial charge in [0, 0.05) is 6.04 Å². The summed E-state index contributed by atoms with van der Waals surface area (Å²) in [6, 6.07) is 17.4. The molecule has 1 N–H and O–H groups in total. The number of hydrogen-bond acceptors (Lipinski definition) is 2. The third kappa shape index (κ3) is 4.33. The van der Waals surface area contributed by atoms with E-state index in [0.717, 1.165) is 25.1 Å². The van der Waals surface area contributed by atoms with Gasteiger partial charge in [-0.05, 0) is 55.1 Å². The number of aryl methyl sites for hydroxylation is 2. The highest BCUT2D eigenvalue weighted by molar-refractivity contribution is 5.36. The van der Waals surface area contributed by atoms with Gasteiger partial charge in [-0.2, -0.15) is 0 Å². The summed E-state index contributed by atoms with van der Waals surface area (Å²) in [5.41, 5.74) is 4.05. The van der Waals surface area contributed by atoms with Gasteiger partial charge in [0.05, 0.1) is 7.11 Å². The number of benzene rings is 2. The summed E-state index contributed by atoms with van der Waals surface area (Å²) < 4.78 is 5.30. The van der Waals surface area contributed by atoms with Gasteiger partial charge in [-0.1, -0.05) is 43.3 Å². The van der Waals surface area contributed by atoms with Gasteiger partial charge in [0.1, 0.15) is 5.75 Å². The molecule has 0 radical (unpaired) electrons. The van der Waals surface area contributed by atoms with Gasteiger partial charge in [0.15, 0.2) is 0 Å². The molecule has 2 aromatic rings. The second kappa shape index (κ2) is 7.84. The molecular weight excluding hydrogens is 258 g/mol. The molecule has 0 aliphatic rings. The van der Waals surface area contributed by atoms with E-state index in [9.17, 15) is 0 Å². The molecule has 2 rings (SSSR count). The van der Waals surface area contributed by atoms with Crippen molar-refractivity contribution in [2.45, 2.75) is 32.7 Å². The standard InChI is InChI=1S/C19H25NO/c1-4-20-19(13-10-16-8-6-5-7-9-16)18-12-11-17(21-3)14-15(18)2/h5-9,11-12,14,19-20H,4,10,13H2,1-3H3. The van der Waals surface area contributed by atoms with E-state index < -0.39 is 0 Å². The molecular formula is C19H25NO. The van der Waals surface area contributed by atoms with Gasteiger partial charge in [-0.15, -0.1) is 0 Å². The van der Waals surface area contributed by atoms with Crippen molar-refractivity contribution in [3.05, 3.63) is 65.2 Å². The van der Waals surface area contributed by atoms with Crippen LogP contribution in [0.3, 0.4) is 0 Å². The van der Waals surface area contributed by atoms with Crippen LogP contribution in [-0.4, -0.2) is 13.7 Å². The smallest absolute Gasteiger partial charge is 0.119 e. The minimum absolute atomic E-state index is 0.390. The Hall–Kier alpha value is -1.80. The van der Waals surface area contributed by atoms with Gasteiger partial charge in [-0.3, -0.25) is 0 Å². The molecule has 0 aliphatic carbocycles. The van der Waals surface area contributed by atoms with Crippen molar-refractivity contribution in [3.63, 3.8) is 0 Å². The monoisotopic (exact) mass is 283 g/mol. The molecule has 0 spiro atoms. The molecule has 0 aliphatic heterocycles. The van der Waals surface area contributed by atoms with Crippen LogP contribution >= 0.6 is 0 Å². The molecule has 1 unspecified atom stereocenters. The van der Waals surface area contributed by atoms with E-state index in [1.54, 1.807) is 7.11 Å². The Labute approximate surface area is 128 Å². The van der Waals surface area contributed by atoms with E-state index in [0.29, 0.717) is 6.04 Å². The summed E-state index contributed by atoms with van der Waals surface area (Å²) in [4.78, 5) is 0. The molecule has 0 amide bonds. The third-order valence-electron chi connectivity index (χ3n) is 3.87. The SMILES string of the molecule is CCNC(CCc1ccccc1)c1ccc(OC)cc1C. The van der Waals surface area contributed by atoms with E-state index in [1.807, 2.05) is 0 Å². The molecule has 2 heteroatoms. The van der Waals surface area contributed by atoms with Crippen molar-refractivity contribution < 1.29 is 4.74 Å². The maximum absolute atomic E-state index is 5.30. The van der Waals surface area contributed by atoms with Crippen molar-refractivity contribution >= 4 is 0 Å². The second-order valence-electron chi connectivity index (χ2n) is 5.36. The molecule has 21 heavy (non-hydrogen) atoms. The van der Waals surface area contributed by atoms with Crippen LogP contribution in [0.4, 0.5) is 0 Å². The minimum atomic E-state index is 0.390. The zero-order chi connectivity index (χ0) is 15.1. The average Bonchev–Trinajstić information content (AvgIpc) is 2.52. The first-order chi connectivity index (χ1) is 10.2. The number of rotatable bonds is 7. The van der Waals surface area contributed by atoms with Crippen LogP contribution in [0.2, 0.25) is 0 Å². The predicted octanol–water partition coefficient (Wildman–Crippen LogP) is 4.29. The first kappa shape index (κ1) is 15.6. The zero-order valence-corrected chi connectivity index (χ0v) is 13.2. The summed E-state index contributed by atoms with van der Waals surface area (Å²) in [5, 5.41) is 3.61. The van der Waals surface area contributed by atoms with Crippen LogP contribution < -0.4 is 10.1 Å². The van der Waals surface area contributed by atoms with Gasteiger partial charge in [-0.25, -0.2) is 0 Å². The quantitative estimate of drug-likeness (QED) is 0.818. The van der Waals surface area contributed by atoms with E-state index in [2.05, 4.69) is 67.7 Å². The van der Waals surface area contributed by atoms with Crippen molar-refractivity contribution in [2.75, 3.05) is 13.7 Å². The Kier molecular flexibility index (Phi) is 5.82. The van der Waals surface area contributed by atoms with Crippen LogP contribution in [0, 0.1) is 6.92 Å². The van der Waals surface area contributed by atoms with E-state index >= 15 is 0 Å². The van der Waals surface area contributed by atoms with Gasteiger partial charge < -0.3 is 10.1 Å². The largest absolute Gasteiger partial charge is 0.497 e. The first-order valence-corrected chi connectivity index (χ1v) is 7.66. The maximum atomic E-state index is 5.30. The minimum Gasteiger partial charge on any atom is -0.497 e. The maximum Gasteiger partial charge on any atom is 0.119 e. The predicted molar refractivity (Wildman–Crippen MR) is 88.9 cm³/mol. The fourth-order valence-electron chi connectivity index (χ4n) is 2.74. The Morgan fingerprint density at radius 2 is 1.86 bits per heavy atom. The van der Waals surface area contributed by atoms with E-state index in [4.69, 9.17) is 4.74 Å². The molecule has 112 valence electrons. The van der Waals surface area contributed by atoms with Gasteiger partial charge >= 0.3 is 0 Å². The Morgan fingerprint density at radius 3 is 2.48 bits per heavy atom. The van der Waals surface area contributed by atoms with Crippen LogP contribution in [0.15, 0.2) is 48.5 Å². The molecule has 2 nitrogen and oxygen atoms in total. The normalized spacial score (nSPS) is 12.1. The van der Waals surface area contributed by atoms with Crippen LogP contribution in [0.5, 0.6) is 5.75 Å². The van der Waals surface area contributed by atoms with Crippen LogP contribution in [-0.2, 0) is 6.42 Å². The lowest BCUT2D eigenvalue weighted by molar-refractivity contribution is 0.413. The molecule has 1 atom stereocenters. The topological polar surface area (TPSA) is 21.3 Å². The van der Waals surface area contributed by atoms with Gasteiger partial charge in [0.2, 0.25) is 0 Å². The molecule has 0 aromatic heterocycles. The van der Waals surface area contributed by atoms with Crippen LogP contribution in [0.1, 0.15) is 36.1 Å². The third-order valence-corrected chi connectivity index (χ3v) is 3.87. The Balaban J connectivity index is 2.11. The lowest BCUT2D eigenvalue weighted by atomic mass is 9.95. The number of nitrogens with one attached hydrogen (secondary N) is 1. The fraction of sp³-hybridized carbons (Fsp3) is 0.368. The molecule has 0 bridgehead atoms. The molecule has 0 saturated heterocycles. The zero-order valence-electron chi connectivity index (χ0n) is 13.2. The second-order valence-corrected chi connectivity index (χ2v) is 5.36. The van der Waals surface area contributed by atoms with Crippen molar-refractivity contribution in [1.82, 2.24) is 5.32 Å². The number of ether oxygens (including phenoxy) is 1. The summed E-state index contributed by atoms with van der Waals surface area (Å²) in [6.07, 6.45) is 2.19. The van der Waals surface area contributed by atoms with Crippen molar-refractivity contribution in [1.29, 1.82) is 0 Å². The molecule has 0 heterocycles. The highest BCUT2D eigenvalue weighted by Gasteiger charge is 2.13. The number of methoxy groups -OCH3 is 1. The Bertz CT molecular complexity index is 551. The highest BCUT2D eigenvalue weighted by Crippen LogP contribution is 2.25. The summed E-state index contributed by atoms with van der Waals surface area (Å²) >= 11 is 0. The molecule has 0 saturated carbocycles. The molecule has 2 aromatic carbocycles. The average molecular weight is 283 g/mol. The lowest BCUT2D eigenvalue weighted by Crippen LogP contribution is -2.22. The van der Waals surface area contributed by atoms with E-state index in [1.165, 1.54) is 16.7 Å². The van der Waals surface area contributed by atoms with Gasteiger partial charge in [0.25, 0.3) is 0 Å². The highest BCUT2D eigenvalue weighted by atomic mass is 16.5.